The van der Waals surface area contributed by atoms with Crippen molar-refractivity contribution < 1.29 is 9.53 Å². The van der Waals surface area contributed by atoms with Gasteiger partial charge in [-0.25, -0.2) is 0 Å². The quantitative estimate of drug-likeness (QED) is 0.585. The second-order valence-electron chi connectivity index (χ2n) is 7.17. The average Bonchev–Trinajstić information content (AvgIpc) is 2.70. The number of carbonyl (C=O) groups is 1. The van der Waals surface area contributed by atoms with Crippen LogP contribution in [0, 0.1) is 0 Å². The number of carbonyl (C=O) groups excluding carboxylic acids is 1. The van der Waals surface area contributed by atoms with E-state index in [-0.39, 0.29) is 16.7 Å². The van der Waals surface area contributed by atoms with E-state index in [0.717, 1.165) is 16.7 Å². The summed E-state index contributed by atoms with van der Waals surface area (Å²) < 4.78 is 7.46. The smallest absolute Gasteiger partial charge is 0.258 e. The number of pyridine rings is 1. The highest BCUT2D eigenvalue weighted by molar-refractivity contribution is 8.01. The number of nitrogens with two attached hydrogens (primary N) is 1. The summed E-state index contributed by atoms with van der Waals surface area (Å²) in [4.78, 5) is 24.2. The molecule has 0 saturated carbocycles. The highest BCUT2D eigenvalue weighted by Crippen LogP contribution is 2.22. The van der Waals surface area contributed by atoms with Crippen LogP contribution < -0.4 is 16.0 Å². The third-order valence-corrected chi connectivity index (χ3v) is 5.86. The Hall–Kier alpha value is -2.73. The molecule has 3 rings (SSSR count). The van der Waals surface area contributed by atoms with E-state index >= 15 is 0 Å². The van der Waals surface area contributed by atoms with Gasteiger partial charge in [0.15, 0.2) is 0 Å². The standard InChI is InChI=1S/C23H26N2O3S/c1-16(2)29-21(22(24)26)15-17-7-9-19(10-8-17)28-14-13-25-12-11-18-5-3-4-6-20(18)23(25)27/h3-12,16,21H,13-15H2,1-2H3,(H2,24,26). The van der Waals surface area contributed by atoms with E-state index in [0.29, 0.717) is 30.2 Å². The number of rotatable bonds is 9. The lowest BCUT2D eigenvalue weighted by Gasteiger charge is -2.16. The number of aromatic nitrogens is 1. The molecule has 2 N–H and O–H groups in total. The van der Waals surface area contributed by atoms with Crippen LogP contribution in [-0.2, 0) is 17.8 Å². The van der Waals surface area contributed by atoms with E-state index in [4.69, 9.17) is 10.5 Å². The van der Waals surface area contributed by atoms with Crippen LogP contribution in [-0.4, -0.2) is 27.6 Å². The van der Waals surface area contributed by atoms with E-state index in [9.17, 15) is 9.59 Å². The molecular formula is C23H26N2O3S. The summed E-state index contributed by atoms with van der Waals surface area (Å²) in [5, 5.41) is 1.76. The van der Waals surface area contributed by atoms with Gasteiger partial charge in [0, 0.05) is 11.6 Å². The third kappa shape index (κ3) is 5.64. The highest BCUT2D eigenvalue weighted by Gasteiger charge is 2.18. The molecule has 3 aromatic rings. The lowest BCUT2D eigenvalue weighted by molar-refractivity contribution is -0.117. The summed E-state index contributed by atoms with van der Waals surface area (Å²) in [5.74, 6) is 0.444. The Morgan fingerprint density at radius 1 is 1.10 bits per heavy atom. The van der Waals surface area contributed by atoms with Crippen LogP contribution in [0.25, 0.3) is 10.8 Å². The number of primary amides is 1. The van der Waals surface area contributed by atoms with Crippen LogP contribution in [0.5, 0.6) is 5.75 Å². The summed E-state index contributed by atoms with van der Waals surface area (Å²) >= 11 is 1.58. The first kappa shape index (κ1) is 21.0. The average molecular weight is 411 g/mol. The minimum Gasteiger partial charge on any atom is -0.492 e. The van der Waals surface area contributed by atoms with E-state index in [1.165, 1.54) is 0 Å². The van der Waals surface area contributed by atoms with Crippen LogP contribution in [0.2, 0.25) is 0 Å². The molecule has 0 bridgehead atoms. The molecule has 0 aliphatic heterocycles. The Kier molecular flexibility index (Phi) is 6.99. The molecule has 5 nitrogen and oxygen atoms in total. The van der Waals surface area contributed by atoms with Crippen LogP contribution in [0.15, 0.2) is 65.6 Å². The molecule has 1 aromatic heterocycles. The fraction of sp³-hybridized carbons (Fsp3) is 0.304. The van der Waals surface area contributed by atoms with Gasteiger partial charge in [0.05, 0.1) is 11.8 Å². The zero-order chi connectivity index (χ0) is 20.8. The van der Waals surface area contributed by atoms with Crippen molar-refractivity contribution in [2.24, 2.45) is 5.73 Å². The number of hydrogen-bond acceptors (Lipinski definition) is 4. The summed E-state index contributed by atoms with van der Waals surface area (Å²) in [6, 6.07) is 17.2. The largest absolute Gasteiger partial charge is 0.492 e. The molecule has 152 valence electrons. The van der Waals surface area contributed by atoms with Gasteiger partial charge in [-0.15, -0.1) is 11.8 Å². The molecule has 0 aliphatic rings. The Morgan fingerprint density at radius 3 is 2.52 bits per heavy atom. The molecule has 0 spiro atoms. The predicted molar refractivity (Wildman–Crippen MR) is 120 cm³/mol. The lowest BCUT2D eigenvalue weighted by atomic mass is 10.1. The minimum absolute atomic E-state index is 0.0119. The lowest BCUT2D eigenvalue weighted by Crippen LogP contribution is -2.29. The van der Waals surface area contributed by atoms with Gasteiger partial charge in [-0.1, -0.05) is 44.2 Å². The number of benzene rings is 2. The van der Waals surface area contributed by atoms with Gasteiger partial charge in [-0.05, 0) is 46.9 Å². The van der Waals surface area contributed by atoms with Gasteiger partial charge in [-0.3, -0.25) is 9.59 Å². The molecule has 1 unspecified atom stereocenters. The molecular weight excluding hydrogens is 384 g/mol. The normalized spacial score (nSPS) is 12.2. The second kappa shape index (κ2) is 9.65. The summed E-state index contributed by atoms with van der Waals surface area (Å²) in [6.07, 6.45) is 2.40. The SMILES string of the molecule is CC(C)SC(Cc1ccc(OCCn2ccc3ccccc3c2=O)cc1)C(N)=O. The minimum atomic E-state index is -0.287. The molecule has 0 aliphatic carbocycles. The van der Waals surface area contributed by atoms with E-state index in [1.54, 1.807) is 22.5 Å². The van der Waals surface area contributed by atoms with Crippen molar-refractivity contribution in [3.8, 4) is 5.75 Å². The third-order valence-electron chi connectivity index (χ3n) is 4.59. The first-order chi connectivity index (χ1) is 13.9. The van der Waals surface area contributed by atoms with Crippen molar-refractivity contribution in [1.82, 2.24) is 4.57 Å². The van der Waals surface area contributed by atoms with Gasteiger partial charge in [0.2, 0.25) is 5.91 Å². The van der Waals surface area contributed by atoms with Gasteiger partial charge in [0.25, 0.3) is 5.56 Å². The van der Waals surface area contributed by atoms with Crippen molar-refractivity contribution in [3.63, 3.8) is 0 Å². The highest BCUT2D eigenvalue weighted by atomic mass is 32.2. The number of ether oxygens (including phenoxy) is 1. The van der Waals surface area contributed by atoms with Gasteiger partial charge in [0.1, 0.15) is 12.4 Å². The van der Waals surface area contributed by atoms with E-state index in [2.05, 4.69) is 13.8 Å². The summed E-state index contributed by atoms with van der Waals surface area (Å²) in [6.45, 7) is 4.97. The Morgan fingerprint density at radius 2 is 1.83 bits per heavy atom. The molecule has 0 fully saturated rings. The fourth-order valence-electron chi connectivity index (χ4n) is 3.15. The van der Waals surface area contributed by atoms with Crippen molar-refractivity contribution in [3.05, 3.63) is 76.7 Å². The number of thioether (sulfide) groups is 1. The number of nitrogens with zero attached hydrogens (tertiary/aromatic N) is 1. The number of fused-ring (bicyclic) bond motifs is 1. The summed E-state index contributed by atoms with van der Waals surface area (Å²) in [5.41, 5.74) is 6.55. The van der Waals surface area contributed by atoms with Crippen LogP contribution >= 0.6 is 11.8 Å². The molecule has 1 atom stereocenters. The maximum Gasteiger partial charge on any atom is 0.258 e. The van der Waals surface area contributed by atoms with E-state index in [1.807, 2.05) is 54.6 Å². The second-order valence-corrected chi connectivity index (χ2v) is 8.96. The van der Waals surface area contributed by atoms with Crippen LogP contribution in [0.3, 0.4) is 0 Å². The predicted octanol–water partition coefficient (Wildman–Crippen LogP) is 3.62. The maximum absolute atomic E-state index is 12.5. The van der Waals surface area contributed by atoms with Crippen molar-refractivity contribution in [1.29, 1.82) is 0 Å². The zero-order valence-corrected chi connectivity index (χ0v) is 17.5. The monoisotopic (exact) mass is 410 g/mol. The first-order valence-corrected chi connectivity index (χ1v) is 10.6. The molecule has 29 heavy (non-hydrogen) atoms. The fourth-order valence-corrected chi connectivity index (χ4v) is 4.23. The van der Waals surface area contributed by atoms with Gasteiger partial charge in [-0.2, -0.15) is 0 Å². The van der Waals surface area contributed by atoms with Crippen LogP contribution in [0.4, 0.5) is 0 Å². The van der Waals surface area contributed by atoms with E-state index < -0.39 is 0 Å². The number of amides is 1. The zero-order valence-electron chi connectivity index (χ0n) is 16.7. The molecule has 1 heterocycles. The molecule has 0 radical (unpaired) electrons. The molecule has 6 heteroatoms. The molecule has 1 amide bonds. The Bertz CT molecular complexity index is 1030. The summed E-state index contributed by atoms with van der Waals surface area (Å²) in [7, 11) is 0. The number of hydrogen-bond donors (Lipinski definition) is 1. The topological polar surface area (TPSA) is 74.3 Å². The van der Waals surface area contributed by atoms with Gasteiger partial charge < -0.3 is 15.0 Å². The Labute approximate surface area is 174 Å². The van der Waals surface area contributed by atoms with Crippen molar-refractivity contribution in [2.45, 2.75) is 37.3 Å². The Balaban J connectivity index is 1.57. The molecule has 0 saturated heterocycles. The first-order valence-electron chi connectivity index (χ1n) is 9.69. The van der Waals surface area contributed by atoms with Crippen molar-refractivity contribution >= 4 is 28.4 Å². The van der Waals surface area contributed by atoms with Crippen molar-refractivity contribution in [2.75, 3.05) is 6.61 Å². The van der Waals surface area contributed by atoms with Gasteiger partial charge >= 0.3 is 0 Å². The van der Waals surface area contributed by atoms with Crippen LogP contribution in [0.1, 0.15) is 19.4 Å². The maximum atomic E-state index is 12.5. The molecule has 2 aromatic carbocycles.